The molecular weight excluding hydrogens is 379 g/mol. The molecule has 6 nitrogen and oxygen atoms in total. The second-order valence-corrected chi connectivity index (χ2v) is 6.88. The van der Waals surface area contributed by atoms with E-state index in [1.54, 1.807) is 42.6 Å². The van der Waals surface area contributed by atoms with Gasteiger partial charge in [0, 0.05) is 18.1 Å². The van der Waals surface area contributed by atoms with Crippen molar-refractivity contribution in [2.75, 3.05) is 7.05 Å². The molecule has 1 N–H and O–H groups in total. The van der Waals surface area contributed by atoms with Gasteiger partial charge in [0.05, 0.1) is 12.2 Å². The van der Waals surface area contributed by atoms with Crippen molar-refractivity contribution in [3.05, 3.63) is 65.3 Å². The summed E-state index contributed by atoms with van der Waals surface area (Å²) in [5, 5.41) is 14.4. The van der Waals surface area contributed by atoms with E-state index in [2.05, 4.69) is 10.1 Å². The maximum atomic E-state index is 14.2. The van der Waals surface area contributed by atoms with Crippen LogP contribution < -0.4 is 0 Å². The van der Waals surface area contributed by atoms with Gasteiger partial charge in [0.25, 0.3) is 0 Å². The van der Waals surface area contributed by atoms with Crippen LogP contribution in [-0.2, 0) is 6.54 Å². The van der Waals surface area contributed by atoms with Crippen molar-refractivity contribution in [1.29, 1.82) is 0 Å². The zero-order valence-corrected chi connectivity index (χ0v) is 15.2. The van der Waals surface area contributed by atoms with Crippen LogP contribution in [0.1, 0.15) is 5.69 Å². The quantitative estimate of drug-likeness (QED) is 0.655. The molecule has 0 aliphatic heterocycles. The minimum atomic E-state index is -1.07. The van der Waals surface area contributed by atoms with E-state index in [-0.39, 0.29) is 12.2 Å². The molecule has 0 aliphatic carbocycles. The van der Waals surface area contributed by atoms with Crippen LogP contribution in [0, 0.1) is 5.82 Å². The van der Waals surface area contributed by atoms with Crippen molar-refractivity contribution in [2.45, 2.75) is 16.5 Å². The van der Waals surface area contributed by atoms with Gasteiger partial charge in [-0.3, -0.25) is 0 Å². The normalized spacial score (nSPS) is 10.7. The van der Waals surface area contributed by atoms with Crippen molar-refractivity contribution in [1.82, 2.24) is 19.7 Å². The smallest absolute Gasteiger partial charge is 0.407 e. The van der Waals surface area contributed by atoms with Crippen molar-refractivity contribution < 1.29 is 14.3 Å². The number of carbonyl (C=O) groups is 1. The lowest BCUT2D eigenvalue weighted by Crippen LogP contribution is -2.24. The highest BCUT2D eigenvalue weighted by Crippen LogP contribution is 2.31. The van der Waals surface area contributed by atoms with Gasteiger partial charge in [-0.1, -0.05) is 35.5 Å². The van der Waals surface area contributed by atoms with Crippen LogP contribution in [0.3, 0.4) is 0 Å². The fraction of sp³-hybridized carbons (Fsp3) is 0.118. The van der Waals surface area contributed by atoms with Gasteiger partial charge in [0.2, 0.25) is 0 Å². The van der Waals surface area contributed by atoms with E-state index < -0.39 is 11.9 Å². The van der Waals surface area contributed by atoms with E-state index in [1.807, 2.05) is 0 Å². The fourth-order valence-corrected chi connectivity index (χ4v) is 3.23. The summed E-state index contributed by atoms with van der Waals surface area (Å²) in [7, 11) is 1.44. The van der Waals surface area contributed by atoms with E-state index >= 15 is 0 Å². The van der Waals surface area contributed by atoms with Crippen molar-refractivity contribution in [3.8, 4) is 5.69 Å². The lowest BCUT2D eigenvalue weighted by Gasteiger charge is -2.10. The lowest BCUT2D eigenvalue weighted by atomic mass is 10.3. The Morgan fingerprint density at radius 1 is 1.35 bits per heavy atom. The average molecular weight is 393 g/mol. The molecule has 3 rings (SSSR count). The Kier molecular flexibility index (Phi) is 5.43. The molecule has 0 bridgehead atoms. The van der Waals surface area contributed by atoms with Crippen molar-refractivity contribution in [3.63, 3.8) is 0 Å². The van der Waals surface area contributed by atoms with Gasteiger partial charge in [-0.05, 0) is 30.3 Å². The number of hydrogen-bond acceptors (Lipinski definition) is 4. The van der Waals surface area contributed by atoms with Crippen LogP contribution >= 0.6 is 23.4 Å². The number of nitrogens with zero attached hydrogens (tertiary/aromatic N) is 4. The van der Waals surface area contributed by atoms with Gasteiger partial charge >= 0.3 is 6.09 Å². The Hall–Kier alpha value is -2.58. The SMILES string of the molecule is CN(Cc1cc(Sc2ccc(Cl)nc2)n(-c2ccccc2F)n1)C(=O)O. The molecule has 3 aromatic rings. The first kappa shape index (κ1) is 18.2. The number of benzene rings is 1. The fourth-order valence-electron chi connectivity index (χ4n) is 2.21. The highest BCUT2D eigenvalue weighted by molar-refractivity contribution is 7.99. The molecule has 9 heteroatoms. The maximum absolute atomic E-state index is 14.2. The summed E-state index contributed by atoms with van der Waals surface area (Å²) >= 11 is 7.13. The third kappa shape index (κ3) is 4.14. The Bertz CT molecular complexity index is 933. The summed E-state index contributed by atoms with van der Waals surface area (Å²) in [4.78, 5) is 17.0. The Balaban J connectivity index is 1.99. The molecular formula is C17H14ClFN4O2S. The number of pyridine rings is 1. The highest BCUT2D eigenvalue weighted by atomic mass is 35.5. The first-order valence-electron chi connectivity index (χ1n) is 7.51. The van der Waals surface area contributed by atoms with E-state index in [4.69, 9.17) is 16.7 Å². The van der Waals surface area contributed by atoms with Crippen LogP contribution in [-0.4, -0.2) is 37.9 Å². The molecule has 0 atom stereocenters. The molecule has 26 heavy (non-hydrogen) atoms. The predicted octanol–water partition coefficient (Wildman–Crippen LogP) is 4.32. The second-order valence-electron chi connectivity index (χ2n) is 5.39. The number of rotatable bonds is 5. The summed E-state index contributed by atoms with van der Waals surface area (Å²) < 4.78 is 15.7. The van der Waals surface area contributed by atoms with Gasteiger partial charge in [-0.25, -0.2) is 18.9 Å². The molecule has 2 heterocycles. The molecule has 134 valence electrons. The van der Waals surface area contributed by atoms with E-state index in [0.29, 0.717) is 15.9 Å². The molecule has 0 radical (unpaired) electrons. The largest absolute Gasteiger partial charge is 0.465 e. The van der Waals surface area contributed by atoms with Gasteiger partial charge in [-0.2, -0.15) is 5.10 Å². The third-order valence-corrected chi connectivity index (χ3v) is 4.66. The number of hydrogen-bond donors (Lipinski definition) is 1. The van der Waals surface area contributed by atoms with Gasteiger partial charge in [0.1, 0.15) is 21.7 Å². The zero-order valence-electron chi connectivity index (χ0n) is 13.6. The van der Waals surface area contributed by atoms with Gasteiger partial charge in [-0.15, -0.1) is 0 Å². The van der Waals surface area contributed by atoms with Crippen LogP contribution in [0.25, 0.3) is 5.69 Å². The van der Waals surface area contributed by atoms with Gasteiger partial charge < -0.3 is 10.0 Å². The summed E-state index contributed by atoms with van der Waals surface area (Å²) in [5.74, 6) is -0.426. The van der Waals surface area contributed by atoms with Crippen molar-refractivity contribution >= 4 is 29.5 Å². The maximum Gasteiger partial charge on any atom is 0.407 e. The minimum Gasteiger partial charge on any atom is -0.465 e. The zero-order chi connectivity index (χ0) is 18.7. The number of amides is 1. The average Bonchev–Trinajstić information content (AvgIpc) is 2.99. The van der Waals surface area contributed by atoms with Crippen LogP contribution in [0.4, 0.5) is 9.18 Å². The first-order chi connectivity index (χ1) is 12.4. The molecule has 0 unspecified atom stereocenters. The number of para-hydroxylation sites is 1. The minimum absolute atomic E-state index is 0.0865. The Morgan fingerprint density at radius 2 is 2.12 bits per heavy atom. The predicted molar refractivity (Wildman–Crippen MR) is 96.4 cm³/mol. The second kappa shape index (κ2) is 7.76. The Morgan fingerprint density at radius 3 is 2.77 bits per heavy atom. The third-order valence-electron chi connectivity index (χ3n) is 3.46. The number of halogens is 2. The molecule has 0 saturated carbocycles. The van der Waals surface area contributed by atoms with E-state index in [0.717, 1.165) is 9.80 Å². The molecule has 0 spiro atoms. The van der Waals surface area contributed by atoms with Crippen LogP contribution in [0.5, 0.6) is 0 Å². The van der Waals surface area contributed by atoms with E-state index in [1.165, 1.54) is 29.6 Å². The number of aromatic nitrogens is 3. The van der Waals surface area contributed by atoms with Crippen LogP contribution in [0.15, 0.2) is 58.6 Å². The molecule has 0 saturated heterocycles. The number of carboxylic acid groups (broad SMARTS) is 1. The molecule has 1 aromatic carbocycles. The lowest BCUT2D eigenvalue weighted by molar-refractivity contribution is 0.153. The molecule has 0 aliphatic rings. The Labute approximate surface area is 158 Å². The summed E-state index contributed by atoms with van der Waals surface area (Å²) in [6.07, 6.45) is 0.538. The molecule has 1 amide bonds. The monoisotopic (exact) mass is 392 g/mol. The summed E-state index contributed by atoms with van der Waals surface area (Å²) in [6, 6.07) is 11.4. The first-order valence-corrected chi connectivity index (χ1v) is 8.71. The van der Waals surface area contributed by atoms with Gasteiger partial charge in [0.15, 0.2) is 0 Å². The van der Waals surface area contributed by atoms with Crippen molar-refractivity contribution in [2.24, 2.45) is 0 Å². The summed E-state index contributed by atoms with van der Waals surface area (Å²) in [6.45, 7) is 0.0865. The van der Waals surface area contributed by atoms with Crippen LogP contribution in [0.2, 0.25) is 5.15 Å². The summed E-state index contributed by atoms with van der Waals surface area (Å²) in [5.41, 5.74) is 0.781. The highest BCUT2D eigenvalue weighted by Gasteiger charge is 2.16. The molecule has 0 fully saturated rings. The molecule has 2 aromatic heterocycles. The van der Waals surface area contributed by atoms with E-state index in [9.17, 15) is 9.18 Å². The topological polar surface area (TPSA) is 71.2 Å². The standard InChI is InChI=1S/C17H14ClFN4O2S/c1-22(17(24)25)10-11-8-16(26-12-6-7-15(18)20-9-12)23(21-11)14-5-3-2-4-13(14)19/h2-9H,10H2,1H3,(H,24,25).